The zero-order valence-corrected chi connectivity index (χ0v) is 10.1. The highest BCUT2D eigenvalue weighted by Gasteiger charge is 2.27. The van der Waals surface area contributed by atoms with E-state index in [1.54, 1.807) is 23.4 Å². The number of carboxylic acids is 1. The van der Waals surface area contributed by atoms with E-state index in [1.807, 2.05) is 6.07 Å². The topological polar surface area (TPSA) is 70.5 Å². The summed E-state index contributed by atoms with van der Waals surface area (Å²) in [6.45, 7) is 0.983. The molecule has 0 saturated carbocycles. The van der Waals surface area contributed by atoms with E-state index >= 15 is 0 Å². The van der Waals surface area contributed by atoms with E-state index < -0.39 is 11.9 Å². The van der Waals surface area contributed by atoms with Crippen LogP contribution in [0.5, 0.6) is 0 Å². The number of hydrogen-bond donors (Lipinski definition) is 1. The van der Waals surface area contributed by atoms with Gasteiger partial charge in [-0.25, -0.2) is 0 Å². The number of carbonyl (C=O) groups excluding carboxylic acids is 1. The third-order valence-electron chi connectivity index (χ3n) is 3.20. The number of piperidine rings is 1. The molecule has 0 radical (unpaired) electrons. The van der Waals surface area contributed by atoms with Crippen LogP contribution in [0.2, 0.25) is 0 Å². The second-order valence-corrected chi connectivity index (χ2v) is 4.56. The number of nitrogens with zero attached hydrogens (tertiary/aromatic N) is 2. The van der Waals surface area contributed by atoms with Gasteiger partial charge in [0.15, 0.2) is 0 Å². The van der Waals surface area contributed by atoms with Gasteiger partial charge in [0.25, 0.3) is 0 Å². The minimum atomic E-state index is -0.811. The lowest BCUT2D eigenvalue weighted by atomic mass is 9.98. The van der Waals surface area contributed by atoms with Crippen LogP contribution in [0.4, 0.5) is 0 Å². The molecule has 1 aliphatic heterocycles. The van der Waals surface area contributed by atoms with Crippen LogP contribution < -0.4 is 0 Å². The first-order valence-corrected chi connectivity index (χ1v) is 6.06. The van der Waals surface area contributed by atoms with Crippen molar-refractivity contribution in [1.82, 2.24) is 9.88 Å². The van der Waals surface area contributed by atoms with E-state index in [0.29, 0.717) is 25.9 Å². The summed E-state index contributed by atoms with van der Waals surface area (Å²) in [6, 6.07) is 3.64. The predicted molar refractivity (Wildman–Crippen MR) is 64.9 cm³/mol. The Balaban J connectivity index is 1.95. The van der Waals surface area contributed by atoms with Crippen LogP contribution in [0.15, 0.2) is 24.5 Å². The van der Waals surface area contributed by atoms with Crippen molar-refractivity contribution >= 4 is 11.9 Å². The molecule has 1 amide bonds. The number of hydrogen-bond acceptors (Lipinski definition) is 3. The van der Waals surface area contributed by atoms with Gasteiger partial charge in [-0.2, -0.15) is 0 Å². The summed E-state index contributed by atoms with van der Waals surface area (Å²) in [4.78, 5) is 28.6. The number of rotatable bonds is 3. The molecule has 0 aliphatic carbocycles. The Morgan fingerprint density at radius 1 is 1.50 bits per heavy atom. The van der Waals surface area contributed by atoms with E-state index in [4.69, 9.17) is 5.11 Å². The van der Waals surface area contributed by atoms with Crippen LogP contribution in [0.1, 0.15) is 18.4 Å². The molecule has 0 aromatic carbocycles. The minimum absolute atomic E-state index is 0.0195. The van der Waals surface area contributed by atoms with Gasteiger partial charge in [-0.05, 0) is 24.5 Å². The van der Waals surface area contributed by atoms with Crippen LogP contribution in [0.25, 0.3) is 0 Å². The van der Waals surface area contributed by atoms with Gasteiger partial charge in [0.05, 0.1) is 12.3 Å². The summed E-state index contributed by atoms with van der Waals surface area (Å²) in [5.74, 6) is -1.25. The Morgan fingerprint density at radius 2 is 2.33 bits per heavy atom. The molecule has 2 rings (SSSR count). The van der Waals surface area contributed by atoms with Crippen molar-refractivity contribution in [3.8, 4) is 0 Å². The summed E-state index contributed by atoms with van der Waals surface area (Å²) < 4.78 is 0. The monoisotopic (exact) mass is 248 g/mol. The van der Waals surface area contributed by atoms with Crippen molar-refractivity contribution in [3.05, 3.63) is 30.1 Å². The number of aliphatic carboxylic acids is 1. The highest BCUT2D eigenvalue weighted by Crippen LogP contribution is 2.17. The normalized spacial score (nSPS) is 19.6. The van der Waals surface area contributed by atoms with Gasteiger partial charge in [0, 0.05) is 25.5 Å². The Bertz CT molecular complexity index is 433. The molecule has 1 saturated heterocycles. The van der Waals surface area contributed by atoms with Gasteiger partial charge in [0.2, 0.25) is 5.91 Å². The van der Waals surface area contributed by atoms with E-state index in [0.717, 1.165) is 12.0 Å². The second-order valence-electron chi connectivity index (χ2n) is 4.56. The standard InChI is InChI=1S/C13H16N2O3/c16-12(7-10-3-1-5-14-8-10)15-6-2-4-11(9-15)13(17)18/h1,3,5,8,11H,2,4,6-7,9H2,(H,17,18). The van der Waals surface area contributed by atoms with Crippen LogP contribution in [-0.4, -0.2) is 40.0 Å². The van der Waals surface area contributed by atoms with Crippen molar-refractivity contribution in [2.24, 2.45) is 5.92 Å². The van der Waals surface area contributed by atoms with Gasteiger partial charge in [-0.1, -0.05) is 6.07 Å². The highest BCUT2D eigenvalue weighted by molar-refractivity contribution is 5.80. The average molecular weight is 248 g/mol. The molecular formula is C13H16N2O3. The first-order valence-electron chi connectivity index (χ1n) is 6.06. The van der Waals surface area contributed by atoms with Crippen molar-refractivity contribution in [1.29, 1.82) is 0 Å². The SMILES string of the molecule is O=C(O)C1CCCN(C(=O)Cc2cccnc2)C1. The molecule has 1 aliphatic rings. The molecule has 96 valence electrons. The van der Waals surface area contributed by atoms with Crippen molar-refractivity contribution in [2.45, 2.75) is 19.3 Å². The Kier molecular flexibility index (Phi) is 3.92. The quantitative estimate of drug-likeness (QED) is 0.864. The average Bonchev–Trinajstić information content (AvgIpc) is 2.40. The van der Waals surface area contributed by atoms with Crippen LogP contribution in [0, 0.1) is 5.92 Å². The van der Waals surface area contributed by atoms with E-state index in [9.17, 15) is 9.59 Å². The molecule has 2 heterocycles. The van der Waals surface area contributed by atoms with Crippen molar-refractivity contribution in [2.75, 3.05) is 13.1 Å². The first kappa shape index (κ1) is 12.5. The lowest BCUT2D eigenvalue weighted by Gasteiger charge is -2.30. The Morgan fingerprint density at radius 3 is 3.00 bits per heavy atom. The number of pyridine rings is 1. The zero-order valence-electron chi connectivity index (χ0n) is 10.1. The van der Waals surface area contributed by atoms with Crippen molar-refractivity contribution in [3.63, 3.8) is 0 Å². The van der Waals surface area contributed by atoms with Gasteiger partial charge in [-0.15, -0.1) is 0 Å². The molecule has 1 unspecified atom stereocenters. The third kappa shape index (κ3) is 3.06. The number of likely N-dealkylation sites (tertiary alicyclic amines) is 1. The maximum atomic E-state index is 12.0. The first-order chi connectivity index (χ1) is 8.66. The summed E-state index contributed by atoms with van der Waals surface area (Å²) in [5, 5.41) is 8.98. The number of carboxylic acid groups (broad SMARTS) is 1. The number of amides is 1. The maximum absolute atomic E-state index is 12.0. The smallest absolute Gasteiger partial charge is 0.308 e. The molecule has 5 heteroatoms. The summed E-state index contributed by atoms with van der Waals surface area (Å²) >= 11 is 0. The molecule has 18 heavy (non-hydrogen) atoms. The minimum Gasteiger partial charge on any atom is -0.481 e. The number of aromatic nitrogens is 1. The molecule has 1 atom stereocenters. The molecular weight excluding hydrogens is 232 g/mol. The summed E-state index contributed by atoms with van der Waals surface area (Å²) in [6.07, 6.45) is 5.04. The van der Waals surface area contributed by atoms with Gasteiger partial charge in [-0.3, -0.25) is 14.6 Å². The number of carbonyl (C=O) groups is 2. The van der Waals surface area contributed by atoms with Crippen molar-refractivity contribution < 1.29 is 14.7 Å². The van der Waals surface area contributed by atoms with Crippen LogP contribution in [-0.2, 0) is 16.0 Å². The Hall–Kier alpha value is -1.91. The molecule has 1 N–H and O–H groups in total. The van der Waals surface area contributed by atoms with Gasteiger partial charge in [0.1, 0.15) is 0 Å². The lowest BCUT2D eigenvalue weighted by molar-refractivity contribution is -0.145. The van der Waals surface area contributed by atoms with E-state index in [2.05, 4.69) is 4.98 Å². The Labute approximate surface area is 105 Å². The van der Waals surface area contributed by atoms with Crippen LogP contribution >= 0.6 is 0 Å². The maximum Gasteiger partial charge on any atom is 0.308 e. The predicted octanol–water partition coefficient (Wildman–Crippen LogP) is 0.947. The lowest BCUT2D eigenvalue weighted by Crippen LogP contribution is -2.43. The van der Waals surface area contributed by atoms with E-state index in [-0.39, 0.29) is 5.91 Å². The third-order valence-corrected chi connectivity index (χ3v) is 3.20. The summed E-state index contributed by atoms with van der Waals surface area (Å²) in [7, 11) is 0. The molecule has 0 spiro atoms. The summed E-state index contributed by atoms with van der Waals surface area (Å²) in [5.41, 5.74) is 0.861. The molecule has 1 fully saturated rings. The zero-order chi connectivity index (χ0) is 13.0. The molecule has 1 aromatic rings. The largest absolute Gasteiger partial charge is 0.481 e. The fraction of sp³-hybridized carbons (Fsp3) is 0.462. The fourth-order valence-corrected chi connectivity index (χ4v) is 2.19. The molecule has 5 nitrogen and oxygen atoms in total. The van der Waals surface area contributed by atoms with Crippen LogP contribution in [0.3, 0.4) is 0 Å². The highest BCUT2D eigenvalue weighted by atomic mass is 16.4. The van der Waals surface area contributed by atoms with Gasteiger partial charge < -0.3 is 10.0 Å². The second kappa shape index (κ2) is 5.62. The molecule has 1 aromatic heterocycles. The molecule has 0 bridgehead atoms. The van der Waals surface area contributed by atoms with E-state index in [1.165, 1.54) is 0 Å². The fourth-order valence-electron chi connectivity index (χ4n) is 2.19. The van der Waals surface area contributed by atoms with Gasteiger partial charge >= 0.3 is 5.97 Å².